The summed E-state index contributed by atoms with van der Waals surface area (Å²) in [6.45, 7) is 5.41. The first-order valence-corrected chi connectivity index (χ1v) is 8.05. The van der Waals surface area contributed by atoms with Crippen LogP contribution in [-0.2, 0) is 0 Å². The van der Waals surface area contributed by atoms with E-state index in [1.165, 1.54) is 0 Å². The molecule has 1 unspecified atom stereocenters. The van der Waals surface area contributed by atoms with Crippen LogP contribution in [0.3, 0.4) is 0 Å². The molecule has 0 bridgehead atoms. The number of hydrogen-bond donors (Lipinski definition) is 1. The number of aromatic nitrogens is 1. The summed E-state index contributed by atoms with van der Waals surface area (Å²) in [7, 11) is 0. The summed E-state index contributed by atoms with van der Waals surface area (Å²) < 4.78 is 5.75. The van der Waals surface area contributed by atoms with E-state index in [1.807, 2.05) is 26.0 Å². The predicted octanol–water partition coefficient (Wildman–Crippen LogP) is 2.05. The van der Waals surface area contributed by atoms with Gasteiger partial charge in [-0.3, -0.25) is 4.79 Å². The molecule has 0 aromatic carbocycles. The number of nitrogens with zero attached hydrogens (tertiary/aromatic N) is 2. The van der Waals surface area contributed by atoms with Crippen LogP contribution in [0.4, 0.5) is 0 Å². The summed E-state index contributed by atoms with van der Waals surface area (Å²) in [6.07, 6.45) is 7.06. The molecule has 1 N–H and O–H groups in total. The fraction of sp³-hybridized carbons (Fsp3) is 0.368. The van der Waals surface area contributed by atoms with Crippen molar-refractivity contribution in [1.29, 1.82) is 0 Å². The van der Waals surface area contributed by atoms with E-state index >= 15 is 0 Å². The van der Waals surface area contributed by atoms with Crippen molar-refractivity contribution in [2.75, 3.05) is 26.3 Å². The number of aliphatic hydroxyl groups is 1. The molecular formula is C19H22N2O3. The second-order valence-corrected chi connectivity index (χ2v) is 5.28. The van der Waals surface area contributed by atoms with E-state index in [1.54, 1.807) is 29.3 Å². The van der Waals surface area contributed by atoms with Gasteiger partial charge in [0.15, 0.2) is 0 Å². The van der Waals surface area contributed by atoms with E-state index < -0.39 is 0 Å². The largest absolute Gasteiger partial charge is 0.472 e. The van der Waals surface area contributed by atoms with Crippen molar-refractivity contribution in [2.24, 2.45) is 5.92 Å². The van der Waals surface area contributed by atoms with Crippen molar-refractivity contribution in [3.05, 3.63) is 47.7 Å². The molecule has 0 spiro atoms. The third-order valence-electron chi connectivity index (χ3n) is 3.69. The van der Waals surface area contributed by atoms with Gasteiger partial charge in [-0.25, -0.2) is 4.98 Å². The van der Waals surface area contributed by atoms with Crippen molar-refractivity contribution in [3.63, 3.8) is 0 Å². The first-order valence-electron chi connectivity index (χ1n) is 8.05. The summed E-state index contributed by atoms with van der Waals surface area (Å²) >= 11 is 0. The van der Waals surface area contributed by atoms with Gasteiger partial charge < -0.3 is 14.7 Å². The molecule has 5 heteroatoms. The monoisotopic (exact) mass is 326 g/mol. The standard InChI is InChI=1S/C19H22N2O3/c1-3-21(4-2)19(23)17-9-6-12-20-18(17)24-14-16-8-5-7-15(13-22)10-11-16/h6,8-12,15,22H,3-4,13-14H2,1-2H3. The molecule has 24 heavy (non-hydrogen) atoms. The zero-order valence-corrected chi connectivity index (χ0v) is 14.0. The average Bonchev–Trinajstić information content (AvgIpc) is 2.86. The molecule has 0 saturated heterocycles. The predicted molar refractivity (Wildman–Crippen MR) is 92.6 cm³/mol. The Hall–Kier alpha value is -2.58. The lowest BCUT2D eigenvalue weighted by Gasteiger charge is -2.19. The molecule has 1 atom stereocenters. The minimum absolute atomic E-state index is 0.00572. The molecule has 1 aliphatic carbocycles. The van der Waals surface area contributed by atoms with E-state index in [9.17, 15) is 4.79 Å². The highest BCUT2D eigenvalue weighted by molar-refractivity contribution is 5.96. The Morgan fingerprint density at radius 2 is 2.21 bits per heavy atom. The number of allylic oxidation sites excluding steroid dienone is 1. The average molecular weight is 326 g/mol. The van der Waals surface area contributed by atoms with Crippen molar-refractivity contribution in [3.8, 4) is 17.7 Å². The first kappa shape index (κ1) is 17.8. The Kier molecular flexibility index (Phi) is 6.59. The molecule has 2 rings (SSSR count). The van der Waals surface area contributed by atoms with E-state index in [4.69, 9.17) is 9.84 Å². The van der Waals surface area contributed by atoms with E-state index in [0.717, 1.165) is 5.57 Å². The van der Waals surface area contributed by atoms with Crippen LogP contribution in [0.2, 0.25) is 0 Å². The summed E-state index contributed by atoms with van der Waals surface area (Å²) in [4.78, 5) is 18.5. The van der Waals surface area contributed by atoms with Crippen LogP contribution in [0.25, 0.3) is 0 Å². The van der Waals surface area contributed by atoms with Crippen LogP contribution in [-0.4, -0.2) is 47.2 Å². The molecule has 0 aliphatic heterocycles. The third-order valence-corrected chi connectivity index (χ3v) is 3.69. The number of rotatable bonds is 7. The molecule has 0 fully saturated rings. The van der Waals surface area contributed by atoms with Gasteiger partial charge in [0, 0.05) is 19.3 Å². The molecule has 1 amide bonds. The van der Waals surface area contributed by atoms with Crippen LogP contribution in [0.1, 0.15) is 24.2 Å². The van der Waals surface area contributed by atoms with Crippen LogP contribution >= 0.6 is 0 Å². The van der Waals surface area contributed by atoms with E-state index in [0.29, 0.717) is 24.5 Å². The molecule has 126 valence electrons. The number of hydrogen-bond acceptors (Lipinski definition) is 4. The van der Waals surface area contributed by atoms with Crippen molar-refractivity contribution in [1.82, 2.24) is 9.88 Å². The van der Waals surface area contributed by atoms with Crippen LogP contribution in [0.15, 0.2) is 42.1 Å². The van der Waals surface area contributed by atoms with Gasteiger partial charge in [-0.1, -0.05) is 24.0 Å². The topological polar surface area (TPSA) is 62.7 Å². The number of ether oxygens (including phenoxy) is 1. The van der Waals surface area contributed by atoms with Gasteiger partial charge >= 0.3 is 0 Å². The van der Waals surface area contributed by atoms with Crippen molar-refractivity contribution < 1.29 is 14.6 Å². The molecule has 1 heterocycles. The quantitative estimate of drug-likeness (QED) is 0.779. The van der Waals surface area contributed by atoms with Gasteiger partial charge in [0.05, 0.1) is 12.5 Å². The minimum atomic E-state index is -0.159. The third kappa shape index (κ3) is 4.46. The Balaban J connectivity index is 2.10. The summed E-state index contributed by atoms with van der Waals surface area (Å²) in [5.41, 5.74) is 1.32. The second-order valence-electron chi connectivity index (χ2n) is 5.28. The van der Waals surface area contributed by atoms with Gasteiger partial charge in [-0.15, -0.1) is 0 Å². The lowest BCUT2D eigenvalue weighted by molar-refractivity contribution is 0.0768. The highest BCUT2D eigenvalue weighted by Crippen LogP contribution is 2.18. The minimum Gasteiger partial charge on any atom is -0.472 e. The number of carbonyl (C=O) groups is 1. The van der Waals surface area contributed by atoms with Crippen molar-refractivity contribution >= 4 is 5.91 Å². The van der Waals surface area contributed by atoms with E-state index in [2.05, 4.69) is 16.8 Å². The molecule has 1 aromatic heterocycles. The first-order chi connectivity index (χ1) is 11.7. The van der Waals surface area contributed by atoms with Crippen molar-refractivity contribution in [2.45, 2.75) is 13.8 Å². The van der Waals surface area contributed by atoms with Gasteiger partial charge in [0.2, 0.25) is 5.88 Å². The number of pyridine rings is 1. The molecule has 1 aliphatic rings. The Morgan fingerprint density at radius 1 is 1.42 bits per heavy atom. The zero-order chi connectivity index (χ0) is 17.4. The maximum Gasteiger partial charge on any atom is 0.259 e. The SMILES string of the molecule is CCN(CC)C(=O)c1cccnc1OCC1=CC#CC(CO)C=C1. The number of amides is 1. The van der Waals surface area contributed by atoms with Crippen LogP contribution in [0, 0.1) is 17.8 Å². The van der Waals surface area contributed by atoms with Crippen LogP contribution in [0.5, 0.6) is 5.88 Å². The smallest absolute Gasteiger partial charge is 0.259 e. The van der Waals surface area contributed by atoms with Gasteiger partial charge in [-0.2, -0.15) is 0 Å². The summed E-state index contributed by atoms with van der Waals surface area (Å²) in [5.74, 6) is 5.89. The maximum atomic E-state index is 12.5. The zero-order valence-electron chi connectivity index (χ0n) is 14.0. The van der Waals surface area contributed by atoms with Gasteiger partial charge in [0.1, 0.15) is 12.2 Å². The maximum absolute atomic E-state index is 12.5. The van der Waals surface area contributed by atoms with Gasteiger partial charge in [-0.05, 0) is 37.6 Å². The lowest BCUT2D eigenvalue weighted by atomic mass is 10.1. The van der Waals surface area contributed by atoms with E-state index in [-0.39, 0.29) is 25.0 Å². The Labute approximate surface area is 142 Å². The highest BCUT2D eigenvalue weighted by atomic mass is 16.5. The molecule has 0 saturated carbocycles. The molecule has 5 nitrogen and oxygen atoms in total. The highest BCUT2D eigenvalue weighted by Gasteiger charge is 2.18. The summed E-state index contributed by atoms with van der Waals surface area (Å²) in [5, 5.41) is 9.15. The van der Waals surface area contributed by atoms with Gasteiger partial charge in [0.25, 0.3) is 5.91 Å². The number of carbonyl (C=O) groups excluding carboxylic acids is 1. The molecule has 1 aromatic rings. The summed E-state index contributed by atoms with van der Waals surface area (Å²) in [6, 6.07) is 3.45. The Morgan fingerprint density at radius 3 is 2.92 bits per heavy atom. The molecular weight excluding hydrogens is 304 g/mol. The second kappa shape index (κ2) is 8.90. The van der Waals surface area contributed by atoms with Crippen LogP contribution < -0.4 is 4.74 Å². The fourth-order valence-corrected chi connectivity index (χ4v) is 2.28. The molecule has 0 radical (unpaired) electrons. The lowest BCUT2D eigenvalue weighted by Crippen LogP contribution is -2.31. The Bertz CT molecular complexity index is 694. The normalized spacial score (nSPS) is 15.8. The number of aliphatic hydroxyl groups excluding tert-OH is 1. The fourth-order valence-electron chi connectivity index (χ4n) is 2.28.